The van der Waals surface area contributed by atoms with Crippen molar-refractivity contribution in [3.8, 4) is 11.3 Å². The van der Waals surface area contributed by atoms with Crippen molar-refractivity contribution < 1.29 is 9.53 Å². The lowest BCUT2D eigenvalue weighted by Gasteiger charge is -2.28. The Morgan fingerprint density at radius 3 is 2.70 bits per heavy atom. The van der Waals surface area contributed by atoms with Gasteiger partial charge in [0.2, 0.25) is 5.91 Å². The number of nitrogens with one attached hydrogen (secondary N) is 2. The minimum Gasteiger partial charge on any atom is -0.378 e. The first-order valence-electron chi connectivity index (χ1n) is 11.1. The van der Waals surface area contributed by atoms with Crippen LogP contribution in [0.1, 0.15) is 12.0 Å². The summed E-state index contributed by atoms with van der Waals surface area (Å²) in [7, 11) is 0. The van der Waals surface area contributed by atoms with Crippen LogP contribution in [0.5, 0.6) is 0 Å². The quantitative estimate of drug-likeness (QED) is 0.502. The fraction of sp³-hybridized carbons (Fsp3) is 0.250. The molecule has 4 aromatic rings. The number of morpholine rings is 1. The van der Waals surface area contributed by atoms with Crippen LogP contribution in [0.25, 0.3) is 16.9 Å². The van der Waals surface area contributed by atoms with Crippen LogP contribution in [0.4, 0.5) is 22.9 Å². The summed E-state index contributed by atoms with van der Waals surface area (Å²) in [4.78, 5) is 23.1. The van der Waals surface area contributed by atoms with Crippen LogP contribution in [0, 0.1) is 0 Å². The van der Waals surface area contributed by atoms with Gasteiger partial charge in [-0.05, 0) is 48.4 Å². The minimum atomic E-state index is 0.0592. The molecule has 0 radical (unpaired) electrons. The molecular weight excluding hydrogens is 418 g/mol. The first-order valence-corrected chi connectivity index (χ1v) is 11.1. The number of aryl methyl sites for hydroxylation is 1. The number of ether oxygens (including phenoxy) is 1. The number of amides is 1. The third-order valence-corrected chi connectivity index (χ3v) is 6.11. The van der Waals surface area contributed by atoms with Crippen molar-refractivity contribution in [1.82, 2.24) is 19.6 Å². The van der Waals surface area contributed by atoms with Crippen LogP contribution in [-0.2, 0) is 16.0 Å². The highest BCUT2D eigenvalue weighted by atomic mass is 16.5. The number of rotatable bonds is 4. The smallest absolute Gasteiger partial charge is 0.224 e. The van der Waals surface area contributed by atoms with E-state index < -0.39 is 0 Å². The van der Waals surface area contributed by atoms with Crippen LogP contribution in [-0.4, -0.2) is 51.8 Å². The number of fused-ring (bicyclic) bond motifs is 2. The average molecular weight is 441 g/mol. The van der Waals surface area contributed by atoms with E-state index in [0.29, 0.717) is 17.9 Å². The molecule has 2 aromatic heterocycles. The summed E-state index contributed by atoms with van der Waals surface area (Å²) in [5.74, 6) is 0.699. The van der Waals surface area contributed by atoms with E-state index in [2.05, 4.69) is 48.8 Å². The second-order valence-electron chi connectivity index (χ2n) is 8.18. The number of benzene rings is 2. The van der Waals surface area contributed by atoms with Gasteiger partial charge in [0, 0.05) is 42.1 Å². The number of nitrogens with zero attached hydrogens (tertiary/aromatic N) is 5. The Hall–Kier alpha value is -3.98. The van der Waals surface area contributed by atoms with E-state index in [4.69, 9.17) is 4.74 Å². The molecule has 9 nitrogen and oxygen atoms in total. The second-order valence-corrected chi connectivity index (χ2v) is 8.18. The van der Waals surface area contributed by atoms with Gasteiger partial charge in [0.1, 0.15) is 6.33 Å². The molecule has 2 aliphatic rings. The van der Waals surface area contributed by atoms with Gasteiger partial charge in [0.15, 0.2) is 11.5 Å². The lowest BCUT2D eigenvalue weighted by molar-refractivity contribution is -0.116. The van der Waals surface area contributed by atoms with Crippen LogP contribution < -0.4 is 15.5 Å². The Morgan fingerprint density at radius 2 is 1.85 bits per heavy atom. The summed E-state index contributed by atoms with van der Waals surface area (Å²) < 4.78 is 7.23. The van der Waals surface area contributed by atoms with Gasteiger partial charge in [-0.2, -0.15) is 5.10 Å². The fourth-order valence-electron chi connectivity index (χ4n) is 4.36. The van der Waals surface area contributed by atoms with Crippen molar-refractivity contribution >= 4 is 34.4 Å². The zero-order valence-electron chi connectivity index (χ0n) is 18.0. The molecule has 0 spiro atoms. The molecule has 0 aliphatic carbocycles. The second kappa shape index (κ2) is 8.18. The minimum absolute atomic E-state index is 0.0592. The SMILES string of the molecule is O=C1CCc2cc(-c3cnc(Nc4ccc(N5CCOCC5)cc4)c4ncnn34)ccc2N1. The predicted octanol–water partition coefficient (Wildman–Crippen LogP) is 3.26. The molecule has 0 unspecified atom stereocenters. The highest BCUT2D eigenvalue weighted by Crippen LogP contribution is 2.30. The van der Waals surface area contributed by atoms with Crippen LogP contribution in [0.15, 0.2) is 55.0 Å². The summed E-state index contributed by atoms with van der Waals surface area (Å²) in [5, 5.41) is 10.7. The van der Waals surface area contributed by atoms with Crippen molar-refractivity contribution in [3.05, 3.63) is 60.6 Å². The van der Waals surface area contributed by atoms with Gasteiger partial charge < -0.3 is 20.3 Å². The van der Waals surface area contributed by atoms with E-state index >= 15 is 0 Å². The molecule has 6 rings (SSSR count). The highest BCUT2D eigenvalue weighted by molar-refractivity contribution is 5.94. The van der Waals surface area contributed by atoms with E-state index in [9.17, 15) is 4.79 Å². The van der Waals surface area contributed by atoms with Crippen molar-refractivity contribution in [2.45, 2.75) is 12.8 Å². The van der Waals surface area contributed by atoms with Crippen LogP contribution >= 0.6 is 0 Å². The van der Waals surface area contributed by atoms with Gasteiger partial charge in [-0.25, -0.2) is 14.5 Å². The number of hydrogen-bond acceptors (Lipinski definition) is 7. The largest absolute Gasteiger partial charge is 0.378 e. The molecule has 9 heteroatoms. The zero-order valence-corrected chi connectivity index (χ0v) is 18.0. The molecule has 0 atom stereocenters. The number of aromatic nitrogens is 4. The van der Waals surface area contributed by atoms with Gasteiger partial charge in [-0.15, -0.1) is 0 Å². The van der Waals surface area contributed by atoms with Gasteiger partial charge in [0.05, 0.1) is 25.1 Å². The van der Waals surface area contributed by atoms with Crippen molar-refractivity contribution in [1.29, 1.82) is 0 Å². The molecule has 1 saturated heterocycles. The first-order chi connectivity index (χ1) is 16.2. The molecular formula is C24H23N7O2. The Bertz CT molecular complexity index is 1330. The lowest BCUT2D eigenvalue weighted by atomic mass is 9.99. The average Bonchev–Trinajstić information content (AvgIpc) is 3.36. The molecule has 166 valence electrons. The molecule has 33 heavy (non-hydrogen) atoms. The third-order valence-electron chi connectivity index (χ3n) is 6.11. The van der Waals surface area contributed by atoms with Gasteiger partial charge in [-0.1, -0.05) is 6.07 Å². The normalized spacial score (nSPS) is 15.9. The Labute approximate surface area is 190 Å². The molecule has 2 aromatic carbocycles. The predicted molar refractivity (Wildman–Crippen MR) is 126 cm³/mol. The summed E-state index contributed by atoms with van der Waals surface area (Å²) in [6, 6.07) is 14.3. The summed E-state index contributed by atoms with van der Waals surface area (Å²) in [5.41, 5.74) is 6.57. The van der Waals surface area contributed by atoms with E-state index in [1.165, 1.54) is 12.0 Å². The van der Waals surface area contributed by atoms with Gasteiger partial charge in [-0.3, -0.25) is 4.79 Å². The van der Waals surface area contributed by atoms with E-state index in [-0.39, 0.29) is 5.91 Å². The maximum Gasteiger partial charge on any atom is 0.224 e. The van der Waals surface area contributed by atoms with E-state index in [1.807, 2.05) is 24.3 Å². The third kappa shape index (κ3) is 3.76. The first kappa shape index (κ1) is 19.7. The molecule has 1 amide bonds. The summed E-state index contributed by atoms with van der Waals surface area (Å²) >= 11 is 0. The number of hydrogen-bond donors (Lipinski definition) is 2. The molecule has 1 fully saturated rings. The molecule has 0 bridgehead atoms. The van der Waals surface area contributed by atoms with Crippen molar-refractivity contribution in [2.24, 2.45) is 0 Å². The van der Waals surface area contributed by atoms with Crippen molar-refractivity contribution in [2.75, 3.05) is 41.8 Å². The number of carbonyl (C=O) groups excluding carboxylic acids is 1. The Balaban J connectivity index is 1.28. The Kier molecular flexibility index (Phi) is 4.88. The molecule has 2 N–H and O–H groups in total. The maximum atomic E-state index is 11.6. The fourth-order valence-corrected chi connectivity index (χ4v) is 4.36. The summed E-state index contributed by atoms with van der Waals surface area (Å²) in [6.07, 6.45) is 4.56. The highest BCUT2D eigenvalue weighted by Gasteiger charge is 2.18. The van der Waals surface area contributed by atoms with Crippen LogP contribution in [0.3, 0.4) is 0 Å². The van der Waals surface area contributed by atoms with Gasteiger partial charge in [0.25, 0.3) is 0 Å². The number of carbonyl (C=O) groups is 1. The molecule has 0 saturated carbocycles. The maximum absolute atomic E-state index is 11.6. The van der Waals surface area contributed by atoms with Gasteiger partial charge >= 0.3 is 0 Å². The standard InChI is InChI=1S/C24H23N7O2/c32-22-8-2-16-13-17(1-7-20(16)29-22)21-14-25-23(24-26-15-27-31(21)24)28-18-3-5-19(6-4-18)30-9-11-33-12-10-30/h1,3-7,13-15H,2,8-12H2,(H,25,28)(H,29,32). The van der Waals surface area contributed by atoms with E-state index in [1.54, 1.807) is 10.7 Å². The topological polar surface area (TPSA) is 96.7 Å². The number of anilines is 4. The summed E-state index contributed by atoms with van der Waals surface area (Å²) in [6.45, 7) is 3.34. The molecule has 4 heterocycles. The lowest BCUT2D eigenvalue weighted by Crippen LogP contribution is -2.36. The zero-order chi connectivity index (χ0) is 22.2. The van der Waals surface area contributed by atoms with Crippen LogP contribution in [0.2, 0.25) is 0 Å². The molecule has 2 aliphatic heterocycles. The Morgan fingerprint density at radius 1 is 1.00 bits per heavy atom. The monoisotopic (exact) mass is 441 g/mol. The van der Waals surface area contributed by atoms with E-state index in [0.717, 1.165) is 60.9 Å². The van der Waals surface area contributed by atoms with Crippen molar-refractivity contribution in [3.63, 3.8) is 0 Å².